The van der Waals surface area contributed by atoms with Gasteiger partial charge in [-0.3, -0.25) is 4.57 Å². The van der Waals surface area contributed by atoms with E-state index in [1.165, 1.54) is 52.2 Å². The number of benzene rings is 3. The number of thiazole rings is 1. The standard InChI is InChI=1S/C35H37F3N6O2S/c1-6-7-26-11-8-23(2)18-30(26)44-24(3)20-47-33(44)41-32(45)39-21-34(4,5)19-25-9-12-27(13-10-25)31-40-22-43(42-31)28-14-16-29(17-15-28)46-35(36,37)38/h8-18,20,22H,6-7,19,21H2,1-5H3,(H,39,45). The van der Waals surface area contributed by atoms with Crippen molar-refractivity contribution in [2.45, 2.75) is 60.2 Å². The molecule has 246 valence electrons. The third kappa shape index (κ3) is 8.76. The lowest BCUT2D eigenvalue weighted by atomic mass is 9.85. The van der Waals surface area contributed by atoms with Gasteiger partial charge in [-0.2, -0.15) is 4.99 Å². The van der Waals surface area contributed by atoms with Crippen LogP contribution >= 0.6 is 11.3 Å². The lowest BCUT2D eigenvalue weighted by Gasteiger charge is -2.24. The zero-order valence-corrected chi connectivity index (χ0v) is 27.7. The summed E-state index contributed by atoms with van der Waals surface area (Å²) in [5.74, 6) is 0.174. The number of aromatic nitrogens is 4. The van der Waals surface area contributed by atoms with Gasteiger partial charge in [0.2, 0.25) is 0 Å². The van der Waals surface area contributed by atoms with E-state index in [0.29, 0.717) is 29.3 Å². The summed E-state index contributed by atoms with van der Waals surface area (Å²) in [4.78, 5) is 22.5. The van der Waals surface area contributed by atoms with E-state index in [1.54, 1.807) is 0 Å². The summed E-state index contributed by atoms with van der Waals surface area (Å²) < 4.78 is 44.8. The number of hydrogen-bond donors (Lipinski definition) is 1. The maximum absolute atomic E-state index is 13.0. The van der Waals surface area contributed by atoms with Crippen LogP contribution in [0.3, 0.4) is 0 Å². The fraction of sp³-hybridized carbons (Fsp3) is 0.314. The molecule has 0 saturated heterocycles. The molecule has 5 rings (SSSR count). The number of alkyl halides is 3. The number of rotatable bonds is 10. The van der Waals surface area contributed by atoms with Gasteiger partial charge in [-0.05, 0) is 79.1 Å². The number of nitrogens with zero attached hydrogens (tertiary/aromatic N) is 5. The number of amides is 2. The van der Waals surface area contributed by atoms with E-state index < -0.39 is 6.36 Å². The first kappa shape index (κ1) is 33.6. The molecule has 0 aliphatic rings. The SMILES string of the molecule is CCCc1ccc(C)cc1-n1c(C)csc1=NC(=O)NCC(C)(C)Cc1ccc(-c2ncn(-c3ccc(OC(F)(F)F)cc3)n2)cc1. The second kappa shape index (κ2) is 14.0. The Morgan fingerprint density at radius 3 is 2.43 bits per heavy atom. The number of halogens is 3. The molecule has 0 atom stereocenters. The van der Waals surface area contributed by atoms with Crippen molar-refractivity contribution in [1.82, 2.24) is 24.6 Å². The molecule has 8 nitrogen and oxygen atoms in total. The zero-order chi connectivity index (χ0) is 33.8. The van der Waals surface area contributed by atoms with Crippen molar-refractivity contribution in [2.75, 3.05) is 6.54 Å². The Bertz CT molecular complexity index is 1910. The Morgan fingerprint density at radius 1 is 1.02 bits per heavy atom. The lowest BCUT2D eigenvalue weighted by Crippen LogP contribution is -2.35. The summed E-state index contributed by atoms with van der Waals surface area (Å²) in [5, 5.41) is 9.49. The summed E-state index contributed by atoms with van der Waals surface area (Å²) in [5.41, 5.74) is 6.66. The number of hydrogen-bond acceptors (Lipinski definition) is 5. The van der Waals surface area contributed by atoms with Gasteiger partial charge in [0.1, 0.15) is 12.1 Å². The lowest BCUT2D eigenvalue weighted by molar-refractivity contribution is -0.274. The van der Waals surface area contributed by atoms with Crippen LogP contribution in [-0.4, -0.2) is 38.3 Å². The average Bonchev–Trinajstić information content (AvgIpc) is 3.64. The fourth-order valence-corrected chi connectivity index (χ4v) is 6.14. The van der Waals surface area contributed by atoms with E-state index >= 15 is 0 Å². The van der Waals surface area contributed by atoms with Crippen LogP contribution in [0, 0.1) is 19.3 Å². The van der Waals surface area contributed by atoms with Gasteiger partial charge < -0.3 is 10.1 Å². The van der Waals surface area contributed by atoms with Crippen LogP contribution in [0.15, 0.2) is 83.4 Å². The number of carbonyl (C=O) groups is 1. The Labute approximate surface area is 275 Å². The van der Waals surface area contributed by atoms with Crippen LogP contribution < -0.4 is 14.9 Å². The minimum atomic E-state index is -4.75. The molecule has 0 spiro atoms. The van der Waals surface area contributed by atoms with Crippen molar-refractivity contribution >= 4 is 17.4 Å². The van der Waals surface area contributed by atoms with Gasteiger partial charge >= 0.3 is 12.4 Å². The minimum absolute atomic E-state index is 0.249. The van der Waals surface area contributed by atoms with Crippen molar-refractivity contribution in [3.8, 4) is 28.5 Å². The molecule has 0 radical (unpaired) electrons. The molecule has 5 aromatic rings. The largest absolute Gasteiger partial charge is 0.573 e. The molecule has 3 aromatic carbocycles. The second-order valence-corrected chi connectivity index (χ2v) is 13.1. The molecular formula is C35H37F3N6O2S. The van der Waals surface area contributed by atoms with Gasteiger partial charge in [-0.25, -0.2) is 14.5 Å². The monoisotopic (exact) mass is 662 g/mol. The Kier molecular flexibility index (Phi) is 9.99. The predicted octanol–water partition coefficient (Wildman–Crippen LogP) is 8.13. The Morgan fingerprint density at radius 2 is 1.74 bits per heavy atom. The summed E-state index contributed by atoms with van der Waals surface area (Å²) in [6.07, 6.45) is -0.565. The van der Waals surface area contributed by atoms with Gasteiger partial charge in [0, 0.05) is 23.2 Å². The first-order valence-corrected chi connectivity index (χ1v) is 16.1. The zero-order valence-electron chi connectivity index (χ0n) is 26.9. The molecule has 0 aliphatic heterocycles. The van der Waals surface area contributed by atoms with Crippen molar-refractivity contribution in [3.63, 3.8) is 0 Å². The highest BCUT2D eigenvalue weighted by molar-refractivity contribution is 7.07. The van der Waals surface area contributed by atoms with Gasteiger partial charge in [-0.1, -0.05) is 63.6 Å². The molecule has 2 amide bonds. The van der Waals surface area contributed by atoms with E-state index in [4.69, 9.17) is 0 Å². The van der Waals surface area contributed by atoms with Gasteiger partial charge in [0.15, 0.2) is 10.6 Å². The molecule has 12 heteroatoms. The highest BCUT2D eigenvalue weighted by atomic mass is 32.1. The van der Waals surface area contributed by atoms with E-state index in [2.05, 4.69) is 75.6 Å². The number of urea groups is 1. The van der Waals surface area contributed by atoms with Crippen molar-refractivity contribution in [1.29, 1.82) is 0 Å². The maximum atomic E-state index is 13.0. The normalized spacial score (nSPS) is 12.4. The number of nitrogens with one attached hydrogen (secondary N) is 1. The average molecular weight is 663 g/mol. The van der Waals surface area contributed by atoms with E-state index in [9.17, 15) is 18.0 Å². The van der Waals surface area contributed by atoms with Crippen LogP contribution in [0.2, 0.25) is 0 Å². The molecular weight excluding hydrogens is 625 g/mol. The van der Waals surface area contributed by atoms with Crippen LogP contribution in [0.4, 0.5) is 18.0 Å². The summed E-state index contributed by atoms with van der Waals surface area (Å²) in [6.45, 7) is 10.9. The molecule has 47 heavy (non-hydrogen) atoms. The highest BCUT2D eigenvalue weighted by Crippen LogP contribution is 2.26. The summed E-state index contributed by atoms with van der Waals surface area (Å²) >= 11 is 1.45. The fourth-order valence-electron chi connectivity index (χ4n) is 5.27. The minimum Gasteiger partial charge on any atom is -0.406 e. The molecule has 0 saturated carbocycles. The second-order valence-electron chi connectivity index (χ2n) is 12.2. The highest BCUT2D eigenvalue weighted by Gasteiger charge is 2.31. The first-order valence-electron chi connectivity index (χ1n) is 15.3. The van der Waals surface area contributed by atoms with Gasteiger partial charge in [0.25, 0.3) is 0 Å². The van der Waals surface area contributed by atoms with Gasteiger partial charge in [-0.15, -0.1) is 29.6 Å². The van der Waals surface area contributed by atoms with Crippen LogP contribution in [0.5, 0.6) is 5.75 Å². The van der Waals surface area contributed by atoms with E-state index in [1.807, 2.05) is 36.6 Å². The maximum Gasteiger partial charge on any atom is 0.573 e. The molecule has 0 unspecified atom stereocenters. The third-order valence-corrected chi connectivity index (χ3v) is 8.46. The van der Waals surface area contributed by atoms with Crippen molar-refractivity contribution < 1.29 is 22.7 Å². The molecule has 2 aromatic heterocycles. The van der Waals surface area contributed by atoms with Gasteiger partial charge in [0.05, 0.1) is 11.4 Å². The van der Waals surface area contributed by atoms with E-state index in [0.717, 1.165) is 40.9 Å². The smallest absolute Gasteiger partial charge is 0.406 e. The first-order chi connectivity index (χ1) is 22.3. The molecule has 0 fully saturated rings. The number of carbonyl (C=O) groups excluding carboxylic acids is 1. The third-order valence-electron chi connectivity index (χ3n) is 7.52. The Balaban J connectivity index is 1.21. The van der Waals surface area contributed by atoms with Crippen LogP contribution in [-0.2, 0) is 12.8 Å². The van der Waals surface area contributed by atoms with Crippen molar-refractivity contribution in [2.24, 2.45) is 10.4 Å². The van der Waals surface area contributed by atoms with Crippen LogP contribution in [0.1, 0.15) is 49.6 Å². The predicted molar refractivity (Wildman–Crippen MR) is 177 cm³/mol. The molecule has 0 aliphatic carbocycles. The quantitative estimate of drug-likeness (QED) is 0.164. The van der Waals surface area contributed by atoms with E-state index in [-0.39, 0.29) is 17.2 Å². The molecule has 0 bridgehead atoms. The summed E-state index contributed by atoms with van der Waals surface area (Å²) in [6, 6.07) is 19.3. The molecule has 2 heterocycles. The number of aryl methyl sites for hydroxylation is 3. The molecule has 1 N–H and O–H groups in total. The Hall–Kier alpha value is -4.71. The van der Waals surface area contributed by atoms with Crippen molar-refractivity contribution in [3.05, 3.63) is 106 Å². The van der Waals surface area contributed by atoms with Crippen LogP contribution in [0.25, 0.3) is 22.8 Å². The topological polar surface area (TPSA) is 86.3 Å². The number of ether oxygens (including phenoxy) is 1. The summed E-state index contributed by atoms with van der Waals surface area (Å²) in [7, 11) is 0.